The third kappa shape index (κ3) is 4.35. The highest BCUT2D eigenvalue weighted by atomic mass is 16.6. The Kier molecular flexibility index (Phi) is 5.69. The first kappa shape index (κ1) is 19.1. The molecule has 28 heavy (non-hydrogen) atoms. The van der Waals surface area contributed by atoms with Crippen LogP contribution in [0.2, 0.25) is 0 Å². The highest BCUT2D eigenvalue weighted by Gasteiger charge is 2.11. The van der Waals surface area contributed by atoms with Crippen LogP contribution in [0.4, 0.5) is 0 Å². The average molecular weight is 377 g/mol. The van der Waals surface area contributed by atoms with Gasteiger partial charge in [-0.25, -0.2) is 4.98 Å². The summed E-state index contributed by atoms with van der Waals surface area (Å²) in [6.07, 6.45) is 3.56. The standard InChI is InChI=1S/C22H19NO5/c1-14(24)27-19-8-4-6-16-10-12-18(23-21(16)19)13-11-17-7-5-9-20(26-3)22(17)28-15(2)25/h4-13H,1-3H3/b13-11+. The summed E-state index contributed by atoms with van der Waals surface area (Å²) < 4.78 is 15.8. The van der Waals surface area contributed by atoms with E-state index in [1.165, 1.54) is 21.0 Å². The van der Waals surface area contributed by atoms with Crippen LogP contribution in [-0.4, -0.2) is 24.0 Å². The van der Waals surface area contributed by atoms with Crippen molar-refractivity contribution < 1.29 is 23.8 Å². The summed E-state index contributed by atoms with van der Waals surface area (Å²) in [6, 6.07) is 14.5. The largest absolute Gasteiger partial charge is 0.493 e. The van der Waals surface area contributed by atoms with Crippen molar-refractivity contribution in [2.75, 3.05) is 7.11 Å². The molecule has 0 aliphatic rings. The molecule has 0 saturated carbocycles. The molecule has 2 aromatic carbocycles. The van der Waals surface area contributed by atoms with Gasteiger partial charge in [0.05, 0.1) is 12.8 Å². The minimum Gasteiger partial charge on any atom is -0.493 e. The van der Waals surface area contributed by atoms with Gasteiger partial charge in [-0.05, 0) is 30.4 Å². The maximum Gasteiger partial charge on any atom is 0.308 e. The first-order valence-electron chi connectivity index (χ1n) is 8.59. The fourth-order valence-corrected chi connectivity index (χ4v) is 2.72. The molecule has 1 heterocycles. The van der Waals surface area contributed by atoms with Gasteiger partial charge in [0.25, 0.3) is 0 Å². The third-order valence-electron chi connectivity index (χ3n) is 3.87. The van der Waals surface area contributed by atoms with E-state index in [0.717, 1.165) is 5.39 Å². The molecule has 6 nitrogen and oxygen atoms in total. The number of carbonyl (C=O) groups excluding carboxylic acids is 2. The van der Waals surface area contributed by atoms with Crippen LogP contribution in [0.1, 0.15) is 25.1 Å². The number of rotatable bonds is 5. The Morgan fingerprint density at radius 1 is 0.857 bits per heavy atom. The molecule has 0 N–H and O–H groups in total. The molecule has 3 rings (SSSR count). The Balaban J connectivity index is 2.00. The fourth-order valence-electron chi connectivity index (χ4n) is 2.72. The maximum atomic E-state index is 11.4. The molecule has 0 unspecified atom stereocenters. The van der Waals surface area contributed by atoms with E-state index in [2.05, 4.69) is 4.98 Å². The molecule has 0 aliphatic carbocycles. The number of benzene rings is 2. The average Bonchev–Trinajstić information content (AvgIpc) is 2.66. The van der Waals surface area contributed by atoms with Gasteiger partial charge in [-0.3, -0.25) is 9.59 Å². The van der Waals surface area contributed by atoms with Gasteiger partial charge in [0.2, 0.25) is 0 Å². The Morgan fingerprint density at radius 3 is 2.29 bits per heavy atom. The highest BCUT2D eigenvalue weighted by molar-refractivity contribution is 5.88. The quantitative estimate of drug-likeness (QED) is 0.488. The van der Waals surface area contributed by atoms with Gasteiger partial charge in [-0.1, -0.05) is 30.3 Å². The predicted molar refractivity (Wildman–Crippen MR) is 106 cm³/mol. The number of hydrogen-bond acceptors (Lipinski definition) is 6. The van der Waals surface area contributed by atoms with E-state index in [0.29, 0.717) is 34.0 Å². The van der Waals surface area contributed by atoms with Crippen molar-refractivity contribution >= 4 is 35.0 Å². The lowest BCUT2D eigenvalue weighted by atomic mass is 10.1. The zero-order valence-corrected chi connectivity index (χ0v) is 15.8. The number of ether oxygens (including phenoxy) is 3. The molecule has 0 fully saturated rings. The van der Waals surface area contributed by atoms with Crippen LogP contribution in [-0.2, 0) is 9.59 Å². The molecule has 0 spiro atoms. The minimum absolute atomic E-state index is 0.343. The van der Waals surface area contributed by atoms with Crippen molar-refractivity contribution in [1.29, 1.82) is 0 Å². The lowest BCUT2D eigenvalue weighted by Gasteiger charge is -2.10. The van der Waals surface area contributed by atoms with Crippen molar-refractivity contribution in [2.45, 2.75) is 13.8 Å². The second kappa shape index (κ2) is 8.35. The molecular formula is C22H19NO5. The molecule has 142 valence electrons. The summed E-state index contributed by atoms with van der Waals surface area (Å²) >= 11 is 0. The van der Waals surface area contributed by atoms with E-state index >= 15 is 0 Å². The Hall–Kier alpha value is -3.67. The van der Waals surface area contributed by atoms with Crippen molar-refractivity contribution in [3.8, 4) is 17.2 Å². The van der Waals surface area contributed by atoms with Crippen LogP contribution < -0.4 is 14.2 Å². The topological polar surface area (TPSA) is 74.7 Å². The first-order chi connectivity index (χ1) is 13.5. The Bertz CT molecular complexity index is 1070. The molecular weight excluding hydrogens is 358 g/mol. The molecule has 0 amide bonds. The van der Waals surface area contributed by atoms with E-state index in [4.69, 9.17) is 14.2 Å². The number of nitrogens with zero attached hydrogens (tertiary/aromatic N) is 1. The zero-order valence-electron chi connectivity index (χ0n) is 15.8. The van der Waals surface area contributed by atoms with Crippen LogP contribution in [0.5, 0.6) is 17.2 Å². The van der Waals surface area contributed by atoms with Gasteiger partial charge in [0, 0.05) is 24.8 Å². The summed E-state index contributed by atoms with van der Waals surface area (Å²) in [5.41, 5.74) is 1.92. The zero-order chi connectivity index (χ0) is 20.1. The summed E-state index contributed by atoms with van der Waals surface area (Å²) in [5.74, 6) is 0.366. The number of carbonyl (C=O) groups is 2. The molecule has 0 aliphatic heterocycles. The number of para-hydroxylation sites is 2. The summed E-state index contributed by atoms with van der Waals surface area (Å²) in [5, 5.41) is 0.859. The maximum absolute atomic E-state index is 11.4. The van der Waals surface area contributed by atoms with Gasteiger partial charge in [0.15, 0.2) is 17.2 Å². The van der Waals surface area contributed by atoms with Crippen LogP contribution in [0.3, 0.4) is 0 Å². The van der Waals surface area contributed by atoms with Gasteiger partial charge in [0.1, 0.15) is 5.52 Å². The normalized spacial score (nSPS) is 10.8. The number of methoxy groups -OCH3 is 1. The summed E-state index contributed by atoms with van der Waals surface area (Å²) in [7, 11) is 1.51. The smallest absolute Gasteiger partial charge is 0.308 e. The summed E-state index contributed by atoms with van der Waals surface area (Å²) in [6.45, 7) is 2.68. The molecule has 0 atom stereocenters. The lowest BCUT2D eigenvalue weighted by molar-refractivity contribution is -0.132. The van der Waals surface area contributed by atoms with Gasteiger partial charge >= 0.3 is 11.9 Å². The lowest BCUT2D eigenvalue weighted by Crippen LogP contribution is -2.04. The number of hydrogen-bond donors (Lipinski definition) is 0. The number of pyridine rings is 1. The first-order valence-corrected chi connectivity index (χ1v) is 8.59. The van der Waals surface area contributed by atoms with Gasteiger partial charge < -0.3 is 14.2 Å². The van der Waals surface area contributed by atoms with E-state index < -0.39 is 11.9 Å². The van der Waals surface area contributed by atoms with E-state index in [1.807, 2.05) is 24.3 Å². The molecule has 6 heteroatoms. The fraction of sp³-hybridized carbons (Fsp3) is 0.136. The van der Waals surface area contributed by atoms with Crippen LogP contribution in [0.15, 0.2) is 48.5 Å². The molecule has 1 aromatic heterocycles. The highest BCUT2D eigenvalue weighted by Crippen LogP contribution is 2.32. The van der Waals surface area contributed by atoms with Crippen LogP contribution in [0, 0.1) is 0 Å². The Morgan fingerprint density at radius 2 is 1.57 bits per heavy atom. The van der Waals surface area contributed by atoms with Crippen molar-refractivity contribution in [3.05, 3.63) is 59.8 Å². The van der Waals surface area contributed by atoms with Crippen molar-refractivity contribution in [2.24, 2.45) is 0 Å². The molecule has 0 saturated heterocycles. The minimum atomic E-state index is -0.436. The van der Waals surface area contributed by atoms with Gasteiger partial charge in [-0.15, -0.1) is 0 Å². The molecule has 3 aromatic rings. The summed E-state index contributed by atoms with van der Waals surface area (Å²) in [4.78, 5) is 27.3. The number of esters is 2. The molecule has 0 bridgehead atoms. The van der Waals surface area contributed by atoms with Crippen molar-refractivity contribution in [1.82, 2.24) is 4.98 Å². The number of fused-ring (bicyclic) bond motifs is 1. The van der Waals surface area contributed by atoms with Gasteiger partial charge in [-0.2, -0.15) is 0 Å². The second-order valence-electron chi connectivity index (χ2n) is 5.96. The van der Waals surface area contributed by atoms with Crippen LogP contribution in [0.25, 0.3) is 23.1 Å². The SMILES string of the molecule is COc1cccc(/C=C/c2ccc3cccc(OC(C)=O)c3n2)c1OC(C)=O. The monoisotopic (exact) mass is 377 g/mol. The van der Waals surface area contributed by atoms with Crippen molar-refractivity contribution in [3.63, 3.8) is 0 Å². The van der Waals surface area contributed by atoms with E-state index in [9.17, 15) is 9.59 Å². The third-order valence-corrected chi connectivity index (χ3v) is 3.87. The van der Waals surface area contributed by atoms with E-state index in [1.54, 1.807) is 36.4 Å². The van der Waals surface area contributed by atoms with E-state index in [-0.39, 0.29) is 0 Å². The molecule has 0 radical (unpaired) electrons. The predicted octanol–water partition coefficient (Wildman–Crippen LogP) is 4.26. The Labute approximate surface area is 162 Å². The second-order valence-corrected chi connectivity index (χ2v) is 5.96. The number of aromatic nitrogens is 1. The van der Waals surface area contributed by atoms with Crippen LogP contribution >= 0.6 is 0 Å².